The van der Waals surface area contributed by atoms with E-state index in [0.717, 1.165) is 39.3 Å². The Labute approximate surface area is 145 Å². The van der Waals surface area contributed by atoms with Crippen LogP contribution in [0.15, 0.2) is 48.5 Å². The molecule has 5 rings (SSSR count). The van der Waals surface area contributed by atoms with E-state index in [-0.39, 0.29) is 12.0 Å². The molecule has 0 bridgehead atoms. The number of para-hydroxylation sites is 1. The maximum Gasteiger partial charge on any atom is 0.172 e. The molecule has 2 aliphatic heterocycles. The molecule has 0 saturated carbocycles. The molecule has 126 valence electrons. The van der Waals surface area contributed by atoms with Gasteiger partial charge in [0.2, 0.25) is 0 Å². The summed E-state index contributed by atoms with van der Waals surface area (Å²) in [6.07, 6.45) is -0.130. The van der Waals surface area contributed by atoms with E-state index in [1.807, 2.05) is 42.5 Å². The van der Waals surface area contributed by atoms with Gasteiger partial charge in [0, 0.05) is 16.3 Å². The Morgan fingerprint density at radius 3 is 2.32 bits per heavy atom. The summed E-state index contributed by atoms with van der Waals surface area (Å²) >= 11 is 0. The molecule has 4 nitrogen and oxygen atoms in total. The summed E-state index contributed by atoms with van der Waals surface area (Å²) in [6, 6.07) is 16.2. The molecule has 3 aromatic rings. The first kappa shape index (κ1) is 14.5. The van der Waals surface area contributed by atoms with Gasteiger partial charge in [-0.15, -0.1) is 0 Å². The van der Waals surface area contributed by atoms with Crippen LogP contribution in [-0.4, -0.2) is 20.8 Å². The molecule has 2 atom stereocenters. The Hall–Kier alpha value is -2.88. The minimum atomic E-state index is -0.130. The standard InChI is InChI=1S/C21H18O4/c1-22-18-13-8-3-4-9-14(13)20(23-2)21-17(18)19-15(11-24-21)12-7-5-6-10-16(12)25-19/h3-10,15,19H,11H2,1-2H3/t15-,19+/m1/s1. The van der Waals surface area contributed by atoms with Gasteiger partial charge in [-0.3, -0.25) is 0 Å². The number of rotatable bonds is 2. The van der Waals surface area contributed by atoms with Gasteiger partial charge in [-0.2, -0.15) is 0 Å². The van der Waals surface area contributed by atoms with Crippen molar-refractivity contribution in [3.8, 4) is 23.0 Å². The minimum absolute atomic E-state index is 0.130. The predicted molar refractivity (Wildman–Crippen MR) is 95.1 cm³/mol. The summed E-state index contributed by atoms with van der Waals surface area (Å²) in [5.74, 6) is 3.34. The quantitative estimate of drug-likeness (QED) is 0.693. The van der Waals surface area contributed by atoms with Gasteiger partial charge in [0.1, 0.15) is 17.6 Å². The average molecular weight is 334 g/mol. The Bertz CT molecular complexity index is 979. The van der Waals surface area contributed by atoms with Gasteiger partial charge >= 0.3 is 0 Å². The lowest BCUT2D eigenvalue weighted by Crippen LogP contribution is -2.24. The second-order valence-corrected chi connectivity index (χ2v) is 6.35. The third kappa shape index (κ3) is 1.88. The van der Waals surface area contributed by atoms with E-state index in [1.165, 1.54) is 5.56 Å². The third-order valence-electron chi connectivity index (χ3n) is 5.15. The number of hydrogen-bond acceptors (Lipinski definition) is 4. The Kier molecular flexibility index (Phi) is 3.07. The van der Waals surface area contributed by atoms with Crippen molar-refractivity contribution in [2.75, 3.05) is 20.8 Å². The number of hydrogen-bond donors (Lipinski definition) is 0. The van der Waals surface area contributed by atoms with Crippen LogP contribution in [-0.2, 0) is 0 Å². The second-order valence-electron chi connectivity index (χ2n) is 6.35. The van der Waals surface area contributed by atoms with E-state index < -0.39 is 0 Å². The molecule has 0 fully saturated rings. The Morgan fingerprint density at radius 2 is 1.56 bits per heavy atom. The van der Waals surface area contributed by atoms with E-state index in [9.17, 15) is 0 Å². The summed E-state index contributed by atoms with van der Waals surface area (Å²) in [5.41, 5.74) is 2.12. The van der Waals surface area contributed by atoms with Gasteiger partial charge in [0.05, 0.1) is 32.3 Å². The fraction of sp³-hybridized carbons (Fsp3) is 0.238. The highest BCUT2D eigenvalue weighted by Gasteiger charge is 2.44. The molecule has 0 N–H and O–H groups in total. The van der Waals surface area contributed by atoms with Crippen molar-refractivity contribution in [3.63, 3.8) is 0 Å². The van der Waals surface area contributed by atoms with Crippen LogP contribution in [0.4, 0.5) is 0 Å². The number of methoxy groups -OCH3 is 2. The number of benzene rings is 3. The van der Waals surface area contributed by atoms with E-state index in [4.69, 9.17) is 18.9 Å². The number of ether oxygens (including phenoxy) is 4. The van der Waals surface area contributed by atoms with Crippen LogP contribution in [0.2, 0.25) is 0 Å². The predicted octanol–water partition coefficient (Wildman–Crippen LogP) is 4.47. The zero-order valence-electron chi connectivity index (χ0n) is 14.1. The first-order chi connectivity index (χ1) is 12.3. The largest absolute Gasteiger partial charge is 0.496 e. The van der Waals surface area contributed by atoms with Gasteiger partial charge in [-0.1, -0.05) is 42.5 Å². The van der Waals surface area contributed by atoms with Crippen molar-refractivity contribution in [2.24, 2.45) is 0 Å². The number of fused-ring (bicyclic) bond motifs is 6. The van der Waals surface area contributed by atoms with Crippen molar-refractivity contribution in [1.29, 1.82) is 0 Å². The molecule has 0 radical (unpaired) electrons. The molecule has 0 spiro atoms. The SMILES string of the molecule is COc1c2c(c(OC)c3ccccc13)[C@H]1Oc3ccccc3[C@H]1CO2. The van der Waals surface area contributed by atoms with Crippen LogP contribution in [0, 0.1) is 0 Å². The van der Waals surface area contributed by atoms with Crippen LogP contribution in [0.25, 0.3) is 10.8 Å². The van der Waals surface area contributed by atoms with Gasteiger partial charge in [-0.25, -0.2) is 0 Å². The van der Waals surface area contributed by atoms with Crippen LogP contribution < -0.4 is 18.9 Å². The molecule has 0 unspecified atom stereocenters. The van der Waals surface area contributed by atoms with Gasteiger partial charge in [0.25, 0.3) is 0 Å². The van der Waals surface area contributed by atoms with Crippen molar-refractivity contribution in [3.05, 3.63) is 59.7 Å². The van der Waals surface area contributed by atoms with Gasteiger partial charge in [-0.05, 0) is 6.07 Å². The highest BCUT2D eigenvalue weighted by molar-refractivity contribution is 5.97. The van der Waals surface area contributed by atoms with Crippen LogP contribution >= 0.6 is 0 Å². The first-order valence-corrected chi connectivity index (χ1v) is 8.38. The summed E-state index contributed by atoms with van der Waals surface area (Å²) in [4.78, 5) is 0. The van der Waals surface area contributed by atoms with E-state index >= 15 is 0 Å². The molecule has 0 amide bonds. The van der Waals surface area contributed by atoms with Crippen molar-refractivity contribution in [1.82, 2.24) is 0 Å². The molecule has 0 aromatic heterocycles. The molecule has 4 heteroatoms. The van der Waals surface area contributed by atoms with Crippen molar-refractivity contribution < 1.29 is 18.9 Å². The zero-order chi connectivity index (χ0) is 17.0. The summed E-state index contributed by atoms with van der Waals surface area (Å²) in [6.45, 7) is 0.562. The van der Waals surface area contributed by atoms with Crippen LogP contribution in [0.5, 0.6) is 23.0 Å². The summed E-state index contributed by atoms with van der Waals surface area (Å²) < 4.78 is 24.0. The lowest BCUT2D eigenvalue weighted by Gasteiger charge is -2.31. The van der Waals surface area contributed by atoms with E-state index in [0.29, 0.717) is 6.61 Å². The normalized spacial score (nSPS) is 20.1. The lowest BCUT2D eigenvalue weighted by atomic mass is 9.87. The first-order valence-electron chi connectivity index (χ1n) is 8.38. The molecule has 0 aliphatic carbocycles. The molecule has 2 heterocycles. The molecule has 2 aliphatic rings. The fourth-order valence-corrected chi connectivity index (χ4v) is 4.08. The lowest BCUT2D eigenvalue weighted by molar-refractivity contribution is 0.133. The van der Waals surface area contributed by atoms with E-state index in [2.05, 4.69) is 6.07 Å². The smallest absolute Gasteiger partial charge is 0.172 e. The molecular formula is C21H18O4. The molecule has 25 heavy (non-hydrogen) atoms. The molecule has 0 saturated heterocycles. The fourth-order valence-electron chi connectivity index (χ4n) is 4.08. The van der Waals surface area contributed by atoms with Crippen LogP contribution in [0.1, 0.15) is 23.1 Å². The second kappa shape index (κ2) is 5.31. The summed E-state index contributed by atoms with van der Waals surface area (Å²) in [5, 5.41) is 1.99. The van der Waals surface area contributed by atoms with Crippen LogP contribution in [0.3, 0.4) is 0 Å². The minimum Gasteiger partial charge on any atom is -0.496 e. The molecule has 3 aromatic carbocycles. The highest BCUT2D eigenvalue weighted by Crippen LogP contribution is 2.58. The Balaban J connectivity index is 1.80. The Morgan fingerprint density at radius 1 is 0.880 bits per heavy atom. The van der Waals surface area contributed by atoms with Crippen molar-refractivity contribution in [2.45, 2.75) is 12.0 Å². The molecular weight excluding hydrogens is 316 g/mol. The zero-order valence-corrected chi connectivity index (χ0v) is 14.1. The monoisotopic (exact) mass is 334 g/mol. The third-order valence-corrected chi connectivity index (χ3v) is 5.15. The maximum atomic E-state index is 6.31. The van der Waals surface area contributed by atoms with E-state index in [1.54, 1.807) is 14.2 Å². The summed E-state index contributed by atoms with van der Waals surface area (Å²) in [7, 11) is 3.37. The average Bonchev–Trinajstić information content (AvgIpc) is 3.04. The van der Waals surface area contributed by atoms with Crippen molar-refractivity contribution >= 4 is 10.8 Å². The highest BCUT2D eigenvalue weighted by atomic mass is 16.5. The topological polar surface area (TPSA) is 36.9 Å². The van der Waals surface area contributed by atoms with Gasteiger partial charge < -0.3 is 18.9 Å². The maximum absolute atomic E-state index is 6.31. The van der Waals surface area contributed by atoms with Gasteiger partial charge in [0.15, 0.2) is 11.5 Å².